The number of hydrogen-bond acceptors (Lipinski definition) is 5. The average molecular weight is 334 g/mol. The van der Waals surface area contributed by atoms with Crippen LogP contribution in [0.1, 0.15) is 52.4 Å². The van der Waals surface area contributed by atoms with E-state index in [1.165, 1.54) is 0 Å². The maximum absolute atomic E-state index is 12.8. The van der Waals surface area contributed by atoms with Crippen LogP contribution in [0.25, 0.3) is 0 Å². The lowest BCUT2D eigenvalue weighted by Crippen LogP contribution is -2.60. The van der Waals surface area contributed by atoms with Gasteiger partial charge in [-0.3, -0.25) is 9.59 Å². The smallest absolute Gasteiger partial charge is 0.159 e. The highest BCUT2D eigenvalue weighted by Gasteiger charge is 2.66. The van der Waals surface area contributed by atoms with Crippen LogP contribution >= 0.6 is 0 Å². The lowest BCUT2D eigenvalue weighted by Gasteiger charge is -2.58. The molecule has 132 valence electrons. The van der Waals surface area contributed by atoms with Crippen LogP contribution in [-0.2, 0) is 9.59 Å². The predicted molar refractivity (Wildman–Crippen MR) is 86.0 cm³/mol. The molecule has 0 aliphatic heterocycles. The average Bonchev–Trinajstić information content (AvgIpc) is 2.75. The normalized spacial score (nSPS) is 54.0. The van der Waals surface area contributed by atoms with Crippen molar-refractivity contribution in [2.75, 3.05) is 0 Å². The van der Waals surface area contributed by atoms with Crippen LogP contribution in [-0.4, -0.2) is 44.7 Å². The number of ketones is 2. The maximum Gasteiger partial charge on any atom is 0.159 e. The Kier molecular flexibility index (Phi) is 3.27. The Morgan fingerprint density at radius 2 is 1.79 bits per heavy atom. The lowest BCUT2D eigenvalue weighted by molar-refractivity contribution is -0.154. The van der Waals surface area contributed by atoms with Crippen molar-refractivity contribution in [3.05, 3.63) is 11.6 Å². The summed E-state index contributed by atoms with van der Waals surface area (Å²) in [5.74, 6) is -0.337. The summed E-state index contributed by atoms with van der Waals surface area (Å²) in [7, 11) is 0. The molecule has 0 aromatic carbocycles. The number of rotatable bonds is 0. The second-order valence-corrected chi connectivity index (χ2v) is 8.84. The number of carbonyl (C=O) groups excluding carboxylic acids is 2. The molecule has 0 bridgehead atoms. The van der Waals surface area contributed by atoms with Crippen LogP contribution in [0, 0.1) is 22.7 Å². The van der Waals surface area contributed by atoms with E-state index in [2.05, 4.69) is 0 Å². The van der Waals surface area contributed by atoms with Gasteiger partial charge in [-0.2, -0.15) is 0 Å². The molecule has 3 saturated carbocycles. The standard InChI is InChI=1S/C19H26O5/c1-17-9-15(22)14(21)8-12(17)13(20)7-11-10(17)3-5-18(2)16(23)4-6-19(11,18)24/h7,10,12,14-15,21-22,24H,3-6,8-9H2,1-2H3/t10?,12?,14?,15?,17-,18-,19-/m1/s1. The van der Waals surface area contributed by atoms with Gasteiger partial charge >= 0.3 is 0 Å². The Bertz CT molecular complexity index is 654. The number of hydrogen-bond donors (Lipinski definition) is 3. The van der Waals surface area contributed by atoms with Crippen LogP contribution in [0.15, 0.2) is 11.6 Å². The van der Waals surface area contributed by atoms with Crippen LogP contribution in [0.3, 0.4) is 0 Å². The highest BCUT2D eigenvalue weighted by molar-refractivity contribution is 5.96. The monoisotopic (exact) mass is 334 g/mol. The Labute approximate surface area is 141 Å². The molecule has 24 heavy (non-hydrogen) atoms. The summed E-state index contributed by atoms with van der Waals surface area (Å²) in [6, 6.07) is 0. The van der Waals surface area contributed by atoms with Gasteiger partial charge in [0.1, 0.15) is 5.78 Å². The Morgan fingerprint density at radius 1 is 1.08 bits per heavy atom. The van der Waals surface area contributed by atoms with Crippen molar-refractivity contribution in [1.29, 1.82) is 0 Å². The van der Waals surface area contributed by atoms with Gasteiger partial charge in [-0.15, -0.1) is 0 Å². The molecule has 4 rings (SSSR count). The summed E-state index contributed by atoms with van der Waals surface area (Å²) < 4.78 is 0. The van der Waals surface area contributed by atoms with Gasteiger partial charge in [-0.25, -0.2) is 0 Å². The van der Waals surface area contributed by atoms with Gasteiger partial charge in [0.15, 0.2) is 5.78 Å². The van der Waals surface area contributed by atoms with E-state index in [9.17, 15) is 24.9 Å². The SMILES string of the molecule is C[C@]12CC(O)C(O)CC1C(=O)C=C1C2CC[C@]2(C)C(=O)CC[C@@]12O. The molecule has 0 aromatic rings. The zero-order chi connectivity index (χ0) is 17.5. The molecule has 0 radical (unpaired) electrons. The summed E-state index contributed by atoms with van der Waals surface area (Å²) in [5, 5.41) is 31.6. The topological polar surface area (TPSA) is 94.8 Å². The number of fused-ring (bicyclic) bond motifs is 5. The fourth-order valence-corrected chi connectivity index (χ4v) is 6.14. The Balaban J connectivity index is 1.83. The quantitative estimate of drug-likeness (QED) is 0.618. The van der Waals surface area contributed by atoms with Gasteiger partial charge in [0, 0.05) is 12.3 Å². The van der Waals surface area contributed by atoms with Gasteiger partial charge < -0.3 is 15.3 Å². The predicted octanol–water partition coefficient (Wildman–Crippen LogP) is 1.14. The van der Waals surface area contributed by atoms with Gasteiger partial charge in [0.05, 0.1) is 23.2 Å². The van der Waals surface area contributed by atoms with Gasteiger partial charge in [0.2, 0.25) is 0 Å². The molecule has 0 spiro atoms. The third-order valence-electron chi connectivity index (χ3n) is 7.83. The largest absolute Gasteiger partial charge is 0.390 e. The van der Waals surface area contributed by atoms with Crippen LogP contribution in [0.2, 0.25) is 0 Å². The zero-order valence-corrected chi connectivity index (χ0v) is 14.3. The Hall–Kier alpha value is -1.04. The van der Waals surface area contributed by atoms with Crippen molar-refractivity contribution < 1.29 is 24.9 Å². The molecule has 0 aromatic heterocycles. The molecule has 7 atom stereocenters. The van der Waals surface area contributed by atoms with Gasteiger partial charge in [-0.05, 0) is 62.0 Å². The van der Waals surface area contributed by atoms with E-state index in [0.717, 1.165) is 6.42 Å². The van der Waals surface area contributed by atoms with E-state index >= 15 is 0 Å². The minimum atomic E-state index is -1.24. The van der Waals surface area contributed by atoms with Crippen molar-refractivity contribution in [3.8, 4) is 0 Å². The number of allylic oxidation sites excluding steroid dienone is 1. The lowest BCUT2D eigenvalue weighted by atomic mass is 9.47. The van der Waals surface area contributed by atoms with Crippen LogP contribution in [0.4, 0.5) is 0 Å². The summed E-state index contributed by atoms with van der Waals surface area (Å²) in [4.78, 5) is 25.2. The molecule has 0 heterocycles. The first kappa shape index (κ1) is 16.4. The van der Waals surface area contributed by atoms with Crippen molar-refractivity contribution in [1.82, 2.24) is 0 Å². The summed E-state index contributed by atoms with van der Waals surface area (Å²) in [5.41, 5.74) is -1.80. The van der Waals surface area contributed by atoms with Crippen molar-refractivity contribution in [2.45, 2.75) is 70.2 Å². The first-order chi connectivity index (χ1) is 11.1. The second kappa shape index (κ2) is 4.77. The maximum atomic E-state index is 12.8. The van der Waals surface area contributed by atoms with Crippen LogP contribution < -0.4 is 0 Å². The van der Waals surface area contributed by atoms with Crippen LogP contribution in [0.5, 0.6) is 0 Å². The molecule has 5 nitrogen and oxygen atoms in total. The molecular formula is C19H26O5. The fraction of sp³-hybridized carbons (Fsp3) is 0.789. The first-order valence-corrected chi connectivity index (χ1v) is 9.01. The third-order valence-corrected chi connectivity index (χ3v) is 7.83. The first-order valence-electron chi connectivity index (χ1n) is 9.01. The minimum absolute atomic E-state index is 0.0219. The molecular weight excluding hydrogens is 308 g/mol. The molecule has 4 aliphatic carbocycles. The molecule has 4 aliphatic rings. The number of aliphatic hydroxyl groups is 3. The molecule has 3 fully saturated rings. The zero-order valence-electron chi connectivity index (χ0n) is 14.3. The number of carbonyl (C=O) groups is 2. The summed E-state index contributed by atoms with van der Waals surface area (Å²) >= 11 is 0. The van der Waals surface area contributed by atoms with E-state index in [0.29, 0.717) is 31.3 Å². The van der Waals surface area contributed by atoms with Gasteiger partial charge in [-0.1, -0.05) is 6.92 Å². The summed E-state index contributed by atoms with van der Waals surface area (Å²) in [6.45, 7) is 3.84. The van der Waals surface area contributed by atoms with E-state index < -0.39 is 28.6 Å². The Morgan fingerprint density at radius 3 is 2.50 bits per heavy atom. The fourth-order valence-electron chi connectivity index (χ4n) is 6.14. The molecule has 4 unspecified atom stereocenters. The van der Waals surface area contributed by atoms with E-state index in [-0.39, 0.29) is 29.8 Å². The highest BCUT2D eigenvalue weighted by atomic mass is 16.3. The van der Waals surface area contributed by atoms with E-state index in [1.807, 2.05) is 13.8 Å². The second-order valence-electron chi connectivity index (χ2n) is 8.84. The van der Waals surface area contributed by atoms with Crippen molar-refractivity contribution in [3.63, 3.8) is 0 Å². The molecule has 3 N–H and O–H groups in total. The number of aliphatic hydroxyl groups excluding tert-OH is 2. The van der Waals surface area contributed by atoms with Crippen molar-refractivity contribution in [2.24, 2.45) is 22.7 Å². The highest BCUT2D eigenvalue weighted by Crippen LogP contribution is 2.64. The summed E-state index contributed by atoms with van der Waals surface area (Å²) in [6.07, 6.45) is 2.56. The van der Waals surface area contributed by atoms with E-state index in [4.69, 9.17) is 0 Å². The minimum Gasteiger partial charge on any atom is -0.390 e. The van der Waals surface area contributed by atoms with Gasteiger partial charge in [0.25, 0.3) is 0 Å². The van der Waals surface area contributed by atoms with E-state index in [1.54, 1.807) is 6.08 Å². The number of Topliss-reactive ketones (excluding diaryl/α,β-unsaturated/α-hetero) is 1. The molecule has 0 amide bonds. The molecule has 0 saturated heterocycles. The molecule has 5 heteroatoms. The third kappa shape index (κ3) is 1.76. The van der Waals surface area contributed by atoms with Crippen molar-refractivity contribution >= 4 is 11.6 Å².